The van der Waals surface area contributed by atoms with E-state index in [0.29, 0.717) is 17.7 Å². The second kappa shape index (κ2) is 12.5. The molecule has 0 aromatic heterocycles. The van der Waals surface area contributed by atoms with Crippen LogP contribution in [0.5, 0.6) is 0 Å². The molecule has 1 rings (SSSR count). The average molecular weight is 476 g/mol. The monoisotopic (exact) mass is 475 g/mol. The molecular weight excluding hydrogens is 438 g/mol. The second-order valence-corrected chi connectivity index (χ2v) is 10.2. The van der Waals surface area contributed by atoms with Gasteiger partial charge in [0.05, 0.1) is 0 Å². The van der Waals surface area contributed by atoms with Crippen LogP contribution < -0.4 is 10.6 Å². The molecule has 0 spiro atoms. The highest BCUT2D eigenvalue weighted by Gasteiger charge is 2.36. The summed E-state index contributed by atoms with van der Waals surface area (Å²) in [7, 11) is 0. The van der Waals surface area contributed by atoms with Crippen molar-refractivity contribution in [2.45, 2.75) is 78.6 Å². The summed E-state index contributed by atoms with van der Waals surface area (Å²) in [4.78, 5) is 40.3. The number of benzene rings is 1. The van der Waals surface area contributed by atoms with E-state index >= 15 is 0 Å². The fraction of sp³-hybridized carbons (Fsp3) is 0.560. The molecule has 0 aliphatic rings. The summed E-state index contributed by atoms with van der Waals surface area (Å²) in [6, 6.07) is 5.90. The zero-order valence-corrected chi connectivity index (χ0v) is 21.8. The van der Waals surface area contributed by atoms with Gasteiger partial charge in [0.25, 0.3) is 5.91 Å². The van der Waals surface area contributed by atoms with E-state index in [-0.39, 0.29) is 11.9 Å². The van der Waals surface area contributed by atoms with Gasteiger partial charge in [0.1, 0.15) is 17.7 Å². The molecule has 0 bridgehead atoms. The number of rotatable bonds is 9. The third-order valence-corrected chi connectivity index (χ3v) is 5.28. The van der Waals surface area contributed by atoms with Crippen molar-refractivity contribution < 1.29 is 19.1 Å². The Balaban J connectivity index is 3.39. The molecule has 1 aromatic carbocycles. The van der Waals surface area contributed by atoms with E-state index in [1.807, 2.05) is 52.1 Å². The molecule has 0 saturated carbocycles. The lowest BCUT2D eigenvalue weighted by Crippen LogP contribution is -2.52. The van der Waals surface area contributed by atoms with E-state index in [4.69, 9.17) is 11.2 Å². The number of alkyl carbamates (subject to hydrolysis) is 1. The summed E-state index contributed by atoms with van der Waals surface area (Å²) >= 11 is 1.54. The van der Waals surface area contributed by atoms with Gasteiger partial charge in [0.15, 0.2) is 0 Å². The zero-order valence-electron chi connectivity index (χ0n) is 20.9. The summed E-state index contributed by atoms with van der Waals surface area (Å²) in [5, 5.41) is 5.50. The Labute approximate surface area is 202 Å². The summed E-state index contributed by atoms with van der Waals surface area (Å²) in [5.41, 5.74) is 1.78. The van der Waals surface area contributed by atoms with Crippen LogP contribution in [0.4, 0.5) is 4.79 Å². The van der Waals surface area contributed by atoms with Gasteiger partial charge in [0, 0.05) is 12.1 Å². The molecule has 8 heteroatoms. The predicted octanol–water partition coefficient (Wildman–Crippen LogP) is 3.93. The van der Waals surface area contributed by atoms with E-state index in [1.54, 1.807) is 20.8 Å². The van der Waals surface area contributed by atoms with Gasteiger partial charge in [-0.3, -0.25) is 14.5 Å². The molecule has 7 nitrogen and oxygen atoms in total. The van der Waals surface area contributed by atoms with Crippen LogP contribution in [0, 0.1) is 26.3 Å². The van der Waals surface area contributed by atoms with Crippen molar-refractivity contribution in [2.75, 3.05) is 12.0 Å². The van der Waals surface area contributed by atoms with Crippen LogP contribution in [0.15, 0.2) is 18.2 Å². The van der Waals surface area contributed by atoms with E-state index in [9.17, 15) is 14.4 Å². The lowest BCUT2D eigenvalue weighted by atomic mass is 9.96. The van der Waals surface area contributed by atoms with Crippen molar-refractivity contribution >= 4 is 29.7 Å². The Kier molecular flexibility index (Phi) is 10.8. The van der Waals surface area contributed by atoms with E-state index in [0.717, 1.165) is 16.0 Å². The van der Waals surface area contributed by atoms with Crippen LogP contribution in [0.1, 0.15) is 63.8 Å². The Bertz CT molecular complexity index is 887. The van der Waals surface area contributed by atoms with Crippen molar-refractivity contribution in [3.05, 3.63) is 34.9 Å². The maximum atomic E-state index is 13.6. The first-order valence-corrected chi connectivity index (χ1v) is 12.3. The van der Waals surface area contributed by atoms with E-state index in [2.05, 4.69) is 16.7 Å². The summed E-state index contributed by atoms with van der Waals surface area (Å²) < 4.78 is 5.33. The number of hydrogen-bond acceptors (Lipinski definition) is 5. The van der Waals surface area contributed by atoms with Gasteiger partial charge in [-0.05, 0) is 78.0 Å². The van der Waals surface area contributed by atoms with Crippen LogP contribution in [-0.4, -0.2) is 52.5 Å². The molecule has 0 aliphatic heterocycles. The molecule has 0 fully saturated rings. The van der Waals surface area contributed by atoms with Crippen molar-refractivity contribution in [3.63, 3.8) is 0 Å². The Morgan fingerprint density at radius 3 is 2.30 bits per heavy atom. The molecule has 182 valence electrons. The number of aryl methyl sites for hydroxylation is 2. The van der Waals surface area contributed by atoms with Crippen LogP contribution >= 0.6 is 11.8 Å². The molecule has 1 aromatic rings. The Morgan fingerprint density at radius 2 is 1.82 bits per heavy atom. The summed E-state index contributed by atoms with van der Waals surface area (Å²) in [5.74, 6) is -0.317. The maximum Gasteiger partial charge on any atom is 0.408 e. The van der Waals surface area contributed by atoms with Crippen molar-refractivity contribution in [1.29, 1.82) is 0 Å². The minimum Gasteiger partial charge on any atom is -0.444 e. The highest BCUT2D eigenvalue weighted by molar-refractivity contribution is 7.98. The van der Waals surface area contributed by atoms with Gasteiger partial charge < -0.3 is 15.4 Å². The minimum absolute atomic E-state index is 0.146. The first kappa shape index (κ1) is 28.4. The highest BCUT2D eigenvalue weighted by Crippen LogP contribution is 2.26. The van der Waals surface area contributed by atoms with Gasteiger partial charge in [0.2, 0.25) is 5.91 Å². The number of hydrogen-bond donors (Lipinski definition) is 2. The molecule has 2 unspecified atom stereocenters. The van der Waals surface area contributed by atoms with Crippen LogP contribution in [0.25, 0.3) is 0 Å². The normalized spacial score (nSPS) is 13.0. The third-order valence-electron chi connectivity index (χ3n) is 4.63. The van der Waals surface area contributed by atoms with Gasteiger partial charge >= 0.3 is 6.09 Å². The number of terminal acetylenes is 1. The molecule has 3 amide bonds. The van der Waals surface area contributed by atoms with E-state index < -0.39 is 29.7 Å². The smallest absolute Gasteiger partial charge is 0.408 e. The number of carbonyl (C=O) groups excluding carboxylic acids is 3. The standard InChI is InChI=1S/C25H37N3O4S/c1-10-28(23(30)20(13-14-33-9)27-24(31)32-25(6,7)8)21(22(29)26-16(2)3)19-12-11-17(4)15-18(19)5/h1,11-12,15-16,20-21H,13-14H2,2-9H3,(H,26,29)(H,27,31). The number of nitrogens with zero attached hydrogens (tertiary/aromatic N) is 1. The first-order valence-electron chi connectivity index (χ1n) is 11.0. The zero-order chi connectivity index (χ0) is 25.3. The average Bonchev–Trinajstić information content (AvgIpc) is 2.67. The molecular formula is C25H37N3O4S. The fourth-order valence-electron chi connectivity index (χ4n) is 3.27. The van der Waals surface area contributed by atoms with Crippen LogP contribution in [0.2, 0.25) is 0 Å². The van der Waals surface area contributed by atoms with Crippen molar-refractivity contribution in [2.24, 2.45) is 0 Å². The lowest BCUT2D eigenvalue weighted by Gasteiger charge is -2.31. The topological polar surface area (TPSA) is 87.7 Å². The van der Waals surface area contributed by atoms with Crippen LogP contribution in [0.3, 0.4) is 0 Å². The van der Waals surface area contributed by atoms with Gasteiger partial charge in [-0.15, -0.1) is 0 Å². The number of carbonyl (C=O) groups is 3. The Morgan fingerprint density at radius 1 is 1.18 bits per heavy atom. The van der Waals surface area contributed by atoms with Crippen molar-refractivity contribution in [3.8, 4) is 12.5 Å². The van der Waals surface area contributed by atoms with Gasteiger partial charge in [-0.25, -0.2) is 4.79 Å². The lowest BCUT2D eigenvalue weighted by molar-refractivity contribution is -0.138. The maximum absolute atomic E-state index is 13.6. The molecule has 2 N–H and O–H groups in total. The Hall–Kier alpha value is -2.66. The van der Waals surface area contributed by atoms with Gasteiger partial charge in [-0.2, -0.15) is 11.8 Å². The number of amides is 3. The third kappa shape index (κ3) is 9.01. The first-order chi connectivity index (χ1) is 15.3. The number of nitrogens with one attached hydrogen (secondary N) is 2. The van der Waals surface area contributed by atoms with Crippen molar-refractivity contribution in [1.82, 2.24) is 15.5 Å². The molecule has 0 aliphatic carbocycles. The summed E-state index contributed by atoms with van der Waals surface area (Å²) in [6.45, 7) is 12.7. The number of ether oxygens (including phenoxy) is 1. The summed E-state index contributed by atoms with van der Waals surface area (Å²) in [6.07, 6.45) is 7.31. The quantitative estimate of drug-likeness (QED) is 0.417. The van der Waals surface area contributed by atoms with Gasteiger partial charge in [-0.1, -0.05) is 30.2 Å². The van der Waals surface area contributed by atoms with E-state index in [1.165, 1.54) is 11.8 Å². The second-order valence-electron chi connectivity index (χ2n) is 9.24. The molecule has 0 saturated heterocycles. The highest BCUT2D eigenvalue weighted by atomic mass is 32.2. The SMILES string of the molecule is C#CN(C(=O)C(CCSC)NC(=O)OC(C)(C)C)C(C(=O)NC(C)C)c1ccc(C)cc1C. The van der Waals surface area contributed by atoms with Crippen LogP contribution in [-0.2, 0) is 14.3 Å². The minimum atomic E-state index is -1.04. The molecule has 0 radical (unpaired) electrons. The predicted molar refractivity (Wildman–Crippen MR) is 134 cm³/mol. The largest absolute Gasteiger partial charge is 0.444 e. The molecule has 2 atom stereocenters. The number of thioether (sulfide) groups is 1. The molecule has 0 heterocycles. The molecule has 33 heavy (non-hydrogen) atoms. The fourth-order valence-corrected chi connectivity index (χ4v) is 3.74.